The van der Waals surface area contributed by atoms with Gasteiger partial charge in [0, 0.05) is 12.8 Å². The highest BCUT2D eigenvalue weighted by Crippen LogP contribution is 2.15. The number of hydrogen-bond donors (Lipinski definition) is 3. The van der Waals surface area contributed by atoms with Crippen LogP contribution >= 0.6 is 0 Å². The molecule has 2 rings (SSSR count). The van der Waals surface area contributed by atoms with Crippen LogP contribution in [0.3, 0.4) is 0 Å². The first-order valence-electron chi connectivity index (χ1n) is 8.79. The predicted octanol–water partition coefficient (Wildman–Crippen LogP) is 0.152. The van der Waals surface area contributed by atoms with Gasteiger partial charge in [0.1, 0.15) is 0 Å². The Labute approximate surface area is 144 Å². The molecule has 2 atom stereocenters. The lowest BCUT2D eigenvalue weighted by molar-refractivity contribution is -0.0656. The Kier molecular flexibility index (Phi) is 9.40. The molecule has 140 valence electrons. The quantitative estimate of drug-likeness (QED) is 0.431. The Morgan fingerprint density at radius 2 is 1.92 bits per heavy atom. The summed E-state index contributed by atoms with van der Waals surface area (Å²) in [5.41, 5.74) is 7.11. The van der Waals surface area contributed by atoms with Crippen molar-refractivity contribution >= 4 is 0 Å². The Balaban J connectivity index is 1.47. The van der Waals surface area contributed by atoms with Gasteiger partial charge in [0.05, 0.1) is 64.1 Å². The minimum absolute atomic E-state index is 0.141. The van der Waals surface area contributed by atoms with Crippen LogP contribution < -0.4 is 11.0 Å². The zero-order valence-corrected chi connectivity index (χ0v) is 14.5. The highest BCUT2D eigenvalue weighted by molar-refractivity contribution is 5.02. The van der Waals surface area contributed by atoms with Gasteiger partial charge in [-0.1, -0.05) is 6.92 Å². The van der Waals surface area contributed by atoms with Gasteiger partial charge in [-0.3, -0.25) is 5.01 Å². The van der Waals surface area contributed by atoms with Gasteiger partial charge in [-0.05, 0) is 19.3 Å². The van der Waals surface area contributed by atoms with Gasteiger partial charge in [0.2, 0.25) is 0 Å². The second-order valence-corrected chi connectivity index (χ2v) is 6.01. The summed E-state index contributed by atoms with van der Waals surface area (Å²) in [7, 11) is 0. The summed E-state index contributed by atoms with van der Waals surface area (Å²) in [6.07, 6.45) is 4.51. The molecule has 0 spiro atoms. The second-order valence-electron chi connectivity index (χ2n) is 6.01. The number of hydrogen-bond acceptors (Lipinski definition) is 8. The molecule has 8 heteroatoms. The molecule has 24 heavy (non-hydrogen) atoms. The van der Waals surface area contributed by atoms with Crippen molar-refractivity contribution in [2.45, 2.75) is 38.4 Å². The molecule has 0 saturated carbocycles. The van der Waals surface area contributed by atoms with E-state index in [-0.39, 0.29) is 12.2 Å². The fourth-order valence-electron chi connectivity index (χ4n) is 2.49. The van der Waals surface area contributed by atoms with Crippen molar-refractivity contribution in [3.63, 3.8) is 0 Å². The van der Waals surface area contributed by atoms with Crippen molar-refractivity contribution in [1.82, 2.24) is 16.0 Å². The van der Waals surface area contributed by atoms with Crippen molar-refractivity contribution in [3.8, 4) is 0 Å². The fourth-order valence-corrected chi connectivity index (χ4v) is 2.49. The standard InChI is InChI=1S/C16H31N3O5/c1-2-5-21-6-7-22-8-9-23-12-14-10-19(18-17-14)11-16-4-3-15(20)13-24-16/h10,15-18,20H,2-9,11-13H2,1H3. The molecule has 0 aliphatic carbocycles. The summed E-state index contributed by atoms with van der Waals surface area (Å²) < 4.78 is 21.9. The van der Waals surface area contributed by atoms with Crippen molar-refractivity contribution in [2.24, 2.45) is 0 Å². The van der Waals surface area contributed by atoms with Crippen molar-refractivity contribution < 1.29 is 24.1 Å². The maximum atomic E-state index is 9.43. The molecule has 8 nitrogen and oxygen atoms in total. The highest BCUT2D eigenvalue weighted by Gasteiger charge is 2.23. The number of aliphatic hydroxyl groups is 1. The second kappa shape index (κ2) is 11.6. The van der Waals surface area contributed by atoms with Crippen LogP contribution in [0.5, 0.6) is 0 Å². The first-order chi connectivity index (χ1) is 11.8. The van der Waals surface area contributed by atoms with Gasteiger partial charge >= 0.3 is 0 Å². The average molecular weight is 345 g/mol. The molecule has 1 saturated heterocycles. The first kappa shape index (κ1) is 19.4. The molecule has 0 aromatic heterocycles. The lowest BCUT2D eigenvalue weighted by atomic mass is 10.1. The van der Waals surface area contributed by atoms with Crippen LogP contribution in [0.15, 0.2) is 11.9 Å². The molecule has 0 aromatic rings. The molecule has 3 N–H and O–H groups in total. The largest absolute Gasteiger partial charge is 0.391 e. The molecule has 0 bridgehead atoms. The van der Waals surface area contributed by atoms with Gasteiger partial charge in [-0.25, -0.2) is 0 Å². The van der Waals surface area contributed by atoms with E-state index in [1.807, 2.05) is 11.2 Å². The number of rotatable bonds is 12. The molecule has 0 aromatic carbocycles. The van der Waals surface area contributed by atoms with Crippen molar-refractivity contribution in [2.75, 3.05) is 52.8 Å². The molecule has 2 aliphatic rings. The third-order valence-electron chi connectivity index (χ3n) is 3.77. The lowest BCUT2D eigenvalue weighted by Gasteiger charge is -2.29. The molecule has 2 unspecified atom stereocenters. The zero-order valence-electron chi connectivity index (χ0n) is 14.5. The molecule has 2 aliphatic heterocycles. The Hall–Kier alpha value is -0.900. The Bertz CT molecular complexity index is 362. The van der Waals surface area contributed by atoms with E-state index in [0.717, 1.165) is 38.1 Å². The van der Waals surface area contributed by atoms with E-state index in [2.05, 4.69) is 17.9 Å². The molecule has 1 fully saturated rings. The van der Waals surface area contributed by atoms with Crippen LogP contribution in [-0.4, -0.2) is 75.1 Å². The van der Waals surface area contributed by atoms with E-state index < -0.39 is 0 Å². The van der Waals surface area contributed by atoms with Crippen LogP contribution in [-0.2, 0) is 18.9 Å². The number of nitrogens with zero attached hydrogens (tertiary/aromatic N) is 1. The van der Waals surface area contributed by atoms with Crippen LogP contribution in [0.25, 0.3) is 0 Å². The maximum Gasteiger partial charge on any atom is 0.0893 e. The summed E-state index contributed by atoms with van der Waals surface area (Å²) in [6.45, 7) is 6.91. The number of aliphatic hydroxyl groups excluding tert-OH is 1. The van der Waals surface area contributed by atoms with Gasteiger partial charge in [-0.15, -0.1) is 5.53 Å². The normalized spacial score (nSPS) is 24.1. The van der Waals surface area contributed by atoms with E-state index in [1.165, 1.54) is 0 Å². The first-order valence-corrected chi connectivity index (χ1v) is 8.79. The topological polar surface area (TPSA) is 84.5 Å². The summed E-state index contributed by atoms with van der Waals surface area (Å²) in [5.74, 6) is 0. The van der Waals surface area contributed by atoms with Crippen LogP contribution in [0.4, 0.5) is 0 Å². The van der Waals surface area contributed by atoms with E-state index >= 15 is 0 Å². The summed E-state index contributed by atoms with van der Waals surface area (Å²) >= 11 is 0. The molecular formula is C16H31N3O5. The Morgan fingerprint density at radius 1 is 1.17 bits per heavy atom. The predicted molar refractivity (Wildman–Crippen MR) is 88.8 cm³/mol. The number of hydrazine groups is 2. The Morgan fingerprint density at radius 3 is 2.62 bits per heavy atom. The number of nitrogens with one attached hydrogen (secondary N) is 2. The van der Waals surface area contributed by atoms with Gasteiger partial charge < -0.3 is 29.5 Å². The minimum Gasteiger partial charge on any atom is -0.391 e. The highest BCUT2D eigenvalue weighted by atomic mass is 16.5. The fraction of sp³-hybridized carbons (Fsp3) is 0.875. The molecular weight excluding hydrogens is 314 g/mol. The van der Waals surface area contributed by atoms with Crippen LogP contribution in [0.1, 0.15) is 26.2 Å². The lowest BCUT2D eigenvalue weighted by Crippen LogP contribution is -2.43. The van der Waals surface area contributed by atoms with E-state index in [4.69, 9.17) is 18.9 Å². The third kappa shape index (κ3) is 7.78. The smallest absolute Gasteiger partial charge is 0.0893 e. The third-order valence-corrected chi connectivity index (χ3v) is 3.77. The van der Waals surface area contributed by atoms with Crippen LogP contribution in [0.2, 0.25) is 0 Å². The zero-order chi connectivity index (χ0) is 17.0. The van der Waals surface area contributed by atoms with E-state index in [9.17, 15) is 5.11 Å². The minimum atomic E-state index is -0.314. The van der Waals surface area contributed by atoms with E-state index in [0.29, 0.717) is 39.6 Å². The summed E-state index contributed by atoms with van der Waals surface area (Å²) in [5, 5.41) is 11.4. The molecule has 2 heterocycles. The molecule has 0 radical (unpaired) electrons. The maximum absolute atomic E-state index is 9.43. The summed E-state index contributed by atoms with van der Waals surface area (Å²) in [4.78, 5) is 0. The van der Waals surface area contributed by atoms with Gasteiger partial charge in [0.25, 0.3) is 0 Å². The monoisotopic (exact) mass is 345 g/mol. The SMILES string of the molecule is CCCOCCOCCOCC1=CN(CC2CCC(O)CO2)NN1. The van der Waals surface area contributed by atoms with Gasteiger partial charge in [0.15, 0.2) is 0 Å². The van der Waals surface area contributed by atoms with Crippen molar-refractivity contribution in [1.29, 1.82) is 0 Å². The number of ether oxygens (including phenoxy) is 4. The molecule has 0 amide bonds. The van der Waals surface area contributed by atoms with Crippen molar-refractivity contribution in [3.05, 3.63) is 11.9 Å². The van der Waals surface area contributed by atoms with Gasteiger partial charge in [-0.2, -0.15) is 0 Å². The average Bonchev–Trinajstić information content (AvgIpc) is 3.03. The van der Waals surface area contributed by atoms with Crippen LogP contribution in [0, 0.1) is 0 Å². The van der Waals surface area contributed by atoms with E-state index in [1.54, 1.807) is 0 Å². The summed E-state index contributed by atoms with van der Waals surface area (Å²) in [6, 6.07) is 0.